The molecule has 0 radical (unpaired) electrons. The van der Waals surface area contributed by atoms with Crippen LogP contribution in [0.15, 0.2) is 67.0 Å². The smallest absolute Gasteiger partial charge is 0.226 e. The third-order valence-electron chi connectivity index (χ3n) is 4.53. The number of benzene rings is 2. The molecular formula is C22H24N2O4. The molecule has 28 heavy (non-hydrogen) atoms. The Kier molecular flexibility index (Phi) is 6.22. The van der Waals surface area contributed by atoms with Gasteiger partial charge >= 0.3 is 0 Å². The highest BCUT2D eigenvalue weighted by molar-refractivity contribution is 5.93. The molecule has 146 valence electrons. The van der Waals surface area contributed by atoms with Crippen molar-refractivity contribution in [2.75, 3.05) is 26.6 Å². The van der Waals surface area contributed by atoms with Gasteiger partial charge in [0.25, 0.3) is 0 Å². The van der Waals surface area contributed by atoms with Crippen LogP contribution < -0.4 is 19.5 Å². The molecular weight excluding hydrogens is 356 g/mol. The number of aromatic nitrogens is 1. The van der Waals surface area contributed by atoms with Gasteiger partial charge in [-0.25, -0.2) is 0 Å². The monoisotopic (exact) mass is 380 g/mol. The van der Waals surface area contributed by atoms with Crippen molar-refractivity contribution in [1.82, 2.24) is 4.57 Å². The number of nitrogens with one attached hydrogen (secondary N) is 1. The predicted molar refractivity (Wildman–Crippen MR) is 108 cm³/mol. The van der Waals surface area contributed by atoms with Crippen LogP contribution in [-0.2, 0) is 4.79 Å². The minimum absolute atomic E-state index is 0.131. The maximum Gasteiger partial charge on any atom is 0.226 e. The van der Waals surface area contributed by atoms with Crippen LogP contribution in [0.4, 0.5) is 5.69 Å². The van der Waals surface area contributed by atoms with Gasteiger partial charge < -0.3 is 24.1 Å². The van der Waals surface area contributed by atoms with Crippen LogP contribution in [0.2, 0.25) is 0 Å². The Labute approximate surface area is 164 Å². The molecule has 1 aromatic heterocycles. The van der Waals surface area contributed by atoms with Crippen molar-refractivity contribution in [1.29, 1.82) is 0 Å². The number of methoxy groups -OCH3 is 3. The topological polar surface area (TPSA) is 61.7 Å². The zero-order valence-electron chi connectivity index (χ0n) is 16.2. The van der Waals surface area contributed by atoms with E-state index >= 15 is 0 Å². The maximum absolute atomic E-state index is 12.9. The average molecular weight is 380 g/mol. The van der Waals surface area contributed by atoms with E-state index in [4.69, 9.17) is 14.2 Å². The van der Waals surface area contributed by atoms with Crippen molar-refractivity contribution in [3.05, 3.63) is 72.6 Å². The standard InChI is InChI=1S/C22H24N2O4/c1-26-17-8-6-7-16(13-17)20(24-11-4-5-12-24)15-22(25)23-19-14-18(27-2)9-10-21(19)28-3/h4-14,20H,15H2,1-3H3,(H,23,25). The summed E-state index contributed by atoms with van der Waals surface area (Å²) in [6, 6.07) is 16.8. The molecule has 1 N–H and O–H groups in total. The second-order valence-electron chi connectivity index (χ2n) is 6.24. The summed E-state index contributed by atoms with van der Waals surface area (Å²) < 4.78 is 17.9. The van der Waals surface area contributed by atoms with Crippen LogP contribution in [0.1, 0.15) is 18.0 Å². The number of rotatable bonds is 8. The molecule has 3 rings (SSSR count). The Morgan fingerprint density at radius 1 is 0.929 bits per heavy atom. The van der Waals surface area contributed by atoms with Gasteiger partial charge in [0.1, 0.15) is 17.2 Å². The Morgan fingerprint density at radius 2 is 1.64 bits per heavy atom. The molecule has 6 nitrogen and oxygen atoms in total. The molecule has 0 fully saturated rings. The number of carbonyl (C=O) groups excluding carboxylic acids is 1. The van der Waals surface area contributed by atoms with E-state index in [0.29, 0.717) is 17.2 Å². The van der Waals surface area contributed by atoms with E-state index in [1.54, 1.807) is 39.5 Å². The SMILES string of the molecule is COc1cccc(C(CC(=O)Nc2cc(OC)ccc2OC)n2cccc2)c1. The van der Waals surface area contributed by atoms with E-state index in [-0.39, 0.29) is 18.4 Å². The molecule has 3 aromatic rings. The number of anilines is 1. The van der Waals surface area contributed by atoms with Crippen LogP contribution in [0.5, 0.6) is 17.2 Å². The van der Waals surface area contributed by atoms with Crippen molar-refractivity contribution in [3.8, 4) is 17.2 Å². The van der Waals surface area contributed by atoms with E-state index < -0.39 is 0 Å². The van der Waals surface area contributed by atoms with Crippen LogP contribution in [0.3, 0.4) is 0 Å². The van der Waals surface area contributed by atoms with Crippen molar-refractivity contribution < 1.29 is 19.0 Å². The fourth-order valence-corrected chi connectivity index (χ4v) is 3.09. The number of carbonyl (C=O) groups is 1. The second kappa shape index (κ2) is 8.99. The number of ether oxygens (including phenoxy) is 3. The second-order valence-corrected chi connectivity index (χ2v) is 6.24. The van der Waals surface area contributed by atoms with Gasteiger partial charge in [-0.3, -0.25) is 4.79 Å². The molecule has 2 aromatic carbocycles. The third kappa shape index (κ3) is 4.46. The van der Waals surface area contributed by atoms with Crippen LogP contribution in [0.25, 0.3) is 0 Å². The summed E-state index contributed by atoms with van der Waals surface area (Å²) in [5, 5.41) is 2.94. The van der Waals surface area contributed by atoms with Gasteiger partial charge in [-0.15, -0.1) is 0 Å². The fourth-order valence-electron chi connectivity index (χ4n) is 3.09. The molecule has 1 atom stereocenters. The van der Waals surface area contributed by atoms with Crippen LogP contribution >= 0.6 is 0 Å². The van der Waals surface area contributed by atoms with E-state index in [0.717, 1.165) is 11.3 Å². The highest BCUT2D eigenvalue weighted by Crippen LogP contribution is 2.30. The van der Waals surface area contributed by atoms with Gasteiger partial charge in [-0.1, -0.05) is 12.1 Å². The van der Waals surface area contributed by atoms with Gasteiger partial charge in [-0.2, -0.15) is 0 Å². The average Bonchev–Trinajstić information content (AvgIpc) is 3.26. The first-order chi connectivity index (χ1) is 13.6. The first-order valence-corrected chi connectivity index (χ1v) is 8.93. The molecule has 0 saturated carbocycles. The molecule has 1 heterocycles. The number of amides is 1. The van der Waals surface area contributed by atoms with Crippen molar-refractivity contribution in [2.24, 2.45) is 0 Å². The molecule has 0 aliphatic heterocycles. The van der Waals surface area contributed by atoms with Gasteiger partial charge in [-0.05, 0) is 42.0 Å². The number of hydrogen-bond acceptors (Lipinski definition) is 4. The third-order valence-corrected chi connectivity index (χ3v) is 4.53. The number of hydrogen-bond donors (Lipinski definition) is 1. The summed E-state index contributed by atoms with van der Waals surface area (Å²) in [7, 11) is 4.78. The first-order valence-electron chi connectivity index (χ1n) is 8.93. The highest BCUT2D eigenvalue weighted by Gasteiger charge is 2.19. The molecule has 6 heteroatoms. The highest BCUT2D eigenvalue weighted by atomic mass is 16.5. The predicted octanol–water partition coefficient (Wildman–Crippen LogP) is 4.13. The normalized spacial score (nSPS) is 11.5. The summed E-state index contributed by atoms with van der Waals surface area (Å²) in [4.78, 5) is 12.9. The zero-order chi connectivity index (χ0) is 19.9. The van der Waals surface area contributed by atoms with Gasteiger partial charge in [0, 0.05) is 18.5 Å². The summed E-state index contributed by atoms with van der Waals surface area (Å²) >= 11 is 0. The number of nitrogens with zero attached hydrogens (tertiary/aromatic N) is 1. The molecule has 0 aliphatic carbocycles. The van der Waals surface area contributed by atoms with Crippen LogP contribution in [0, 0.1) is 0 Å². The van der Waals surface area contributed by atoms with E-state index in [9.17, 15) is 4.79 Å². The largest absolute Gasteiger partial charge is 0.497 e. The summed E-state index contributed by atoms with van der Waals surface area (Å²) in [6.45, 7) is 0. The Bertz CT molecular complexity index is 922. The minimum Gasteiger partial charge on any atom is -0.497 e. The van der Waals surface area contributed by atoms with Crippen molar-refractivity contribution in [2.45, 2.75) is 12.5 Å². The van der Waals surface area contributed by atoms with Crippen molar-refractivity contribution in [3.63, 3.8) is 0 Å². The molecule has 0 bridgehead atoms. The summed E-state index contributed by atoms with van der Waals surface area (Å²) in [5.41, 5.74) is 1.56. The van der Waals surface area contributed by atoms with Crippen LogP contribution in [-0.4, -0.2) is 31.8 Å². The van der Waals surface area contributed by atoms with Crippen molar-refractivity contribution >= 4 is 11.6 Å². The minimum atomic E-state index is -0.165. The zero-order valence-corrected chi connectivity index (χ0v) is 16.2. The quantitative estimate of drug-likeness (QED) is 0.638. The first kappa shape index (κ1) is 19.4. The van der Waals surface area contributed by atoms with Gasteiger partial charge in [0.05, 0.1) is 39.5 Å². The molecule has 1 unspecified atom stereocenters. The van der Waals surface area contributed by atoms with E-state index in [1.807, 2.05) is 53.4 Å². The lowest BCUT2D eigenvalue weighted by molar-refractivity contribution is -0.116. The Balaban J connectivity index is 1.84. The maximum atomic E-state index is 12.9. The molecule has 0 aliphatic rings. The summed E-state index contributed by atoms with van der Waals surface area (Å²) in [5.74, 6) is 1.84. The lowest BCUT2D eigenvalue weighted by atomic mass is 10.0. The van der Waals surface area contributed by atoms with Gasteiger partial charge in [0.15, 0.2) is 0 Å². The molecule has 1 amide bonds. The molecule has 0 spiro atoms. The van der Waals surface area contributed by atoms with E-state index in [1.165, 1.54) is 0 Å². The lowest BCUT2D eigenvalue weighted by Crippen LogP contribution is -2.20. The lowest BCUT2D eigenvalue weighted by Gasteiger charge is -2.20. The Morgan fingerprint density at radius 3 is 2.32 bits per heavy atom. The fraction of sp³-hybridized carbons (Fsp3) is 0.227. The summed E-state index contributed by atoms with van der Waals surface area (Å²) in [6.07, 6.45) is 4.15. The Hall–Kier alpha value is -3.41. The molecule has 0 saturated heterocycles. The van der Waals surface area contributed by atoms with Gasteiger partial charge in [0.2, 0.25) is 5.91 Å². The van der Waals surface area contributed by atoms with E-state index in [2.05, 4.69) is 5.32 Å².